The second-order valence-corrected chi connectivity index (χ2v) is 4.92. The SMILES string of the molecule is C#CCC(CC)NCc1cc(Cl)ccc1Br. The Balaban J connectivity index is 2.60. The molecule has 1 atom stereocenters. The molecule has 1 unspecified atom stereocenters. The molecule has 1 aromatic rings. The van der Waals surface area contributed by atoms with Gasteiger partial charge in [0, 0.05) is 28.5 Å². The van der Waals surface area contributed by atoms with E-state index in [-0.39, 0.29) is 0 Å². The van der Waals surface area contributed by atoms with E-state index in [9.17, 15) is 0 Å². The maximum absolute atomic E-state index is 5.95. The standard InChI is InChI=1S/C13H15BrClN/c1-3-5-12(4-2)16-9-10-8-11(15)6-7-13(10)14/h1,6-8,12,16H,4-5,9H2,2H3. The lowest BCUT2D eigenvalue weighted by Gasteiger charge is -2.15. The zero-order valence-corrected chi connectivity index (χ0v) is 11.6. The normalized spacial score (nSPS) is 12.1. The Morgan fingerprint density at radius 2 is 2.31 bits per heavy atom. The summed E-state index contributed by atoms with van der Waals surface area (Å²) in [5.41, 5.74) is 1.16. The third-order valence-corrected chi connectivity index (χ3v) is 3.45. The van der Waals surface area contributed by atoms with Crippen LogP contribution >= 0.6 is 27.5 Å². The van der Waals surface area contributed by atoms with Crippen LogP contribution in [0.25, 0.3) is 0 Å². The Kier molecular flexibility index (Phi) is 5.90. The highest BCUT2D eigenvalue weighted by molar-refractivity contribution is 9.10. The van der Waals surface area contributed by atoms with Crippen LogP contribution in [0.1, 0.15) is 25.3 Å². The largest absolute Gasteiger partial charge is 0.309 e. The summed E-state index contributed by atoms with van der Waals surface area (Å²) in [6.45, 7) is 2.91. The van der Waals surface area contributed by atoms with E-state index >= 15 is 0 Å². The maximum Gasteiger partial charge on any atom is 0.0410 e. The highest BCUT2D eigenvalue weighted by Crippen LogP contribution is 2.21. The van der Waals surface area contributed by atoms with Gasteiger partial charge in [-0.15, -0.1) is 12.3 Å². The average Bonchev–Trinajstić information content (AvgIpc) is 2.28. The van der Waals surface area contributed by atoms with Gasteiger partial charge < -0.3 is 5.32 Å². The predicted octanol–water partition coefficient (Wildman–Crippen LogP) is 3.99. The summed E-state index contributed by atoms with van der Waals surface area (Å²) in [6, 6.07) is 6.16. The molecule has 0 aliphatic rings. The molecule has 0 spiro atoms. The van der Waals surface area contributed by atoms with E-state index in [0.717, 1.165) is 34.4 Å². The van der Waals surface area contributed by atoms with Gasteiger partial charge in [0.05, 0.1) is 0 Å². The van der Waals surface area contributed by atoms with Crippen molar-refractivity contribution in [1.29, 1.82) is 0 Å². The molecule has 0 aromatic heterocycles. The molecular weight excluding hydrogens is 286 g/mol. The Labute approximate surface area is 111 Å². The first kappa shape index (κ1) is 13.6. The fraction of sp³-hybridized carbons (Fsp3) is 0.385. The molecule has 0 aliphatic heterocycles. The third-order valence-electron chi connectivity index (χ3n) is 2.45. The number of halogens is 2. The lowest BCUT2D eigenvalue weighted by Crippen LogP contribution is -2.27. The van der Waals surface area contributed by atoms with E-state index in [4.69, 9.17) is 18.0 Å². The molecule has 1 nitrogen and oxygen atoms in total. The minimum atomic E-state index is 0.371. The second-order valence-electron chi connectivity index (χ2n) is 3.63. The van der Waals surface area contributed by atoms with Crippen molar-refractivity contribution in [3.05, 3.63) is 33.3 Å². The first-order valence-corrected chi connectivity index (χ1v) is 6.45. The van der Waals surface area contributed by atoms with Crippen molar-refractivity contribution in [3.63, 3.8) is 0 Å². The van der Waals surface area contributed by atoms with Crippen LogP contribution in [0.5, 0.6) is 0 Å². The Hall–Kier alpha value is -0.490. The van der Waals surface area contributed by atoms with Gasteiger partial charge in [-0.05, 0) is 30.2 Å². The lowest BCUT2D eigenvalue weighted by molar-refractivity contribution is 0.506. The molecule has 0 saturated carbocycles. The third kappa shape index (κ3) is 4.17. The van der Waals surface area contributed by atoms with Crippen LogP contribution < -0.4 is 5.32 Å². The monoisotopic (exact) mass is 299 g/mol. The van der Waals surface area contributed by atoms with Crippen molar-refractivity contribution >= 4 is 27.5 Å². The molecule has 3 heteroatoms. The van der Waals surface area contributed by atoms with Gasteiger partial charge in [-0.25, -0.2) is 0 Å². The number of terminal acetylenes is 1. The molecule has 0 amide bonds. The summed E-state index contributed by atoms with van der Waals surface area (Å²) in [7, 11) is 0. The van der Waals surface area contributed by atoms with Crippen molar-refractivity contribution in [2.24, 2.45) is 0 Å². The Morgan fingerprint density at radius 1 is 1.56 bits per heavy atom. The van der Waals surface area contributed by atoms with E-state index in [2.05, 4.69) is 34.1 Å². The second kappa shape index (κ2) is 6.96. The molecule has 86 valence electrons. The highest BCUT2D eigenvalue weighted by atomic mass is 79.9. The molecule has 1 N–H and O–H groups in total. The van der Waals surface area contributed by atoms with Gasteiger partial charge in [-0.1, -0.05) is 34.5 Å². The van der Waals surface area contributed by atoms with Crippen molar-refractivity contribution < 1.29 is 0 Å². The van der Waals surface area contributed by atoms with Gasteiger partial charge in [0.1, 0.15) is 0 Å². The van der Waals surface area contributed by atoms with Gasteiger partial charge >= 0.3 is 0 Å². The number of rotatable bonds is 5. The van der Waals surface area contributed by atoms with Crippen LogP contribution in [0, 0.1) is 12.3 Å². The van der Waals surface area contributed by atoms with Crippen molar-refractivity contribution in [3.8, 4) is 12.3 Å². The molecular formula is C13H15BrClN. The van der Waals surface area contributed by atoms with Gasteiger partial charge in [0.2, 0.25) is 0 Å². The fourth-order valence-corrected chi connectivity index (χ4v) is 2.02. The molecule has 0 aliphatic carbocycles. The highest BCUT2D eigenvalue weighted by Gasteiger charge is 2.06. The van der Waals surface area contributed by atoms with E-state index in [0.29, 0.717) is 6.04 Å². The summed E-state index contributed by atoms with van der Waals surface area (Å²) >= 11 is 9.45. The summed E-state index contributed by atoms with van der Waals surface area (Å²) < 4.78 is 1.07. The first-order chi connectivity index (χ1) is 7.67. The summed E-state index contributed by atoms with van der Waals surface area (Å²) in [6.07, 6.45) is 7.10. The van der Waals surface area contributed by atoms with Crippen molar-refractivity contribution in [1.82, 2.24) is 5.32 Å². The molecule has 1 rings (SSSR count). The van der Waals surface area contributed by atoms with E-state index in [1.165, 1.54) is 0 Å². The van der Waals surface area contributed by atoms with Crippen LogP contribution in [0.3, 0.4) is 0 Å². The van der Waals surface area contributed by atoms with Gasteiger partial charge in [-0.3, -0.25) is 0 Å². The topological polar surface area (TPSA) is 12.0 Å². The molecule has 1 aromatic carbocycles. The summed E-state index contributed by atoms with van der Waals surface area (Å²) in [5.74, 6) is 2.68. The van der Waals surface area contributed by atoms with Gasteiger partial charge in [-0.2, -0.15) is 0 Å². The first-order valence-electron chi connectivity index (χ1n) is 5.28. The maximum atomic E-state index is 5.95. The number of hydrogen-bond donors (Lipinski definition) is 1. The lowest BCUT2D eigenvalue weighted by atomic mass is 10.1. The molecule has 0 heterocycles. The molecule has 0 bridgehead atoms. The molecule has 0 radical (unpaired) electrons. The number of hydrogen-bond acceptors (Lipinski definition) is 1. The predicted molar refractivity (Wildman–Crippen MR) is 73.5 cm³/mol. The van der Waals surface area contributed by atoms with Crippen LogP contribution in [0.2, 0.25) is 5.02 Å². The quantitative estimate of drug-likeness (QED) is 0.811. The summed E-state index contributed by atoms with van der Waals surface area (Å²) in [4.78, 5) is 0. The fourth-order valence-electron chi connectivity index (χ4n) is 1.44. The Morgan fingerprint density at radius 3 is 2.94 bits per heavy atom. The molecule has 16 heavy (non-hydrogen) atoms. The van der Waals surface area contributed by atoms with Crippen molar-refractivity contribution in [2.75, 3.05) is 0 Å². The van der Waals surface area contributed by atoms with Crippen LogP contribution in [0.15, 0.2) is 22.7 Å². The van der Waals surface area contributed by atoms with E-state index in [1.807, 2.05) is 18.2 Å². The van der Waals surface area contributed by atoms with Crippen LogP contribution in [-0.4, -0.2) is 6.04 Å². The zero-order chi connectivity index (χ0) is 12.0. The zero-order valence-electron chi connectivity index (χ0n) is 9.26. The minimum Gasteiger partial charge on any atom is -0.309 e. The van der Waals surface area contributed by atoms with E-state index < -0.39 is 0 Å². The van der Waals surface area contributed by atoms with Crippen LogP contribution in [0.4, 0.5) is 0 Å². The minimum absolute atomic E-state index is 0.371. The number of benzene rings is 1. The molecule has 0 saturated heterocycles. The number of nitrogens with one attached hydrogen (secondary N) is 1. The van der Waals surface area contributed by atoms with Gasteiger partial charge in [0.25, 0.3) is 0 Å². The summed E-state index contributed by atoms with van der Waals surface area (Å²) in [5, 5.41) is 4.18. The molecule has 0 fully saturated rings. The van der Waals surface area contributed by atoms with Gasteiger partial charge in [0.15, 0.2) is 0 Å². The average molecular weight is 301 g/mol. The Bertz CT molecular complexity index is 384. The van der Waals surface area contributed by atoms with Crippen LogP contribution in [-0.2, 0) is 6.54 Å². The smallest absolute Gasteiger partial charge is 0.0410 e. The van der Waals surface area contributed by atoms with Crippen molar-refractivity contribution in [2.45, 2.75) is 32.4 Å². The van der Waals surface area contributed by atoms with E-state index in [1.54, 1.807) is 0 Å².